The molecule has 0 saturated heterocycles. The lowest BCUT2D eigenvalue weighted by Gasteiger charge is -1.94. The minimum absolute atomic E-state index is 1.43. The highest BCUT2D eigenvalue weighted by molar-refractivity contribution is 6.50. The van der Waals surface area contributed by atoms with Crippen molar-refractivity contribution in [3.63, 3.8) is 0 Å². The third kappa shape index (κ3) is 8.39. The fourth-order valence-electron chi connectivity index (χ4n) is 0.509. The fraction of sp³-hybridized carbons (Fsp3) is 0.200. The molecule has 0 radical (unpaired) electrons. The SMILES string of the molecule is C[n+]1ccn(C#N)c1.F[B-](F)(F)F. The van der Waals surface area contributed by atoms with Crippen molar-refractivity contribution in [2.24, 2.45) is 7.05 Å². The van der Waals surface area contributed by atoms with E-state index in [1.165, 1.54) is 4.57 Å². The van der Waals surface area contributed by atoms with Gasteiger partial charge in [0.15, 0.2) is 0 Å². The van der Waals surface area contributed by atoms with Crippen LogP contribution in [-0.4, -0.2) is 11.8 Å². The van der Waals surface area contributed by atoms with Gasteiger partial charge in [-0.25, -0.2) is 4.57 Å². The zero-order chi connectivity index (χ0) is 10.5. The van der Waals surface area contributed by atoms with Gasteiger partial charge in [0.1, 0.15) is 12.4 Å². The highest BCUT2D eigenvalue weighted by Gasteiger charge is 2.20. The number of halogens is 4. The van der Waals surface area contributed by atoms with Gasteiger partial charge in [-0.1, -0.05) is 0 Å². The van der Waals surface area contributed by atoms with Crippen LogP contribution in [0.1, 0.15) is 0 Å². The summed E-state index contributed by atoms with van der Waals surface area (Å²) >= 11 is 0. The summed E-state index contributed by atoms with van der Waals surface area (Å²) in [5, 5.41) is 8.25. The van der Waals surface area contributed by atoms with Crippen LogP contribution in [0.25, 0.3) is 0 Å². The van der Waals surface area contributed by atoms with Gasteiger partial charge in [-0.3, -0.25) is 0 Å². The van der Waals surface area contributed by atoms with Crippen molar-refractivity contribution < 1.29 is 21.8 Å². The summed E-state index contributed by atoms with van der Waals surface area (Å²) < 4.78 is 42.2. The normalized spacial score (nSPS) is 9.85. The summed E-state index contributed by atoms with van der Waals surface area (Å²) in [5.74, 6) is 0. The molecule has 0 fully saturated rings. The number of aromatic nitrogens is 2. The molecule has 0 atom stereocenters. The van der Waals surface area contributed by atoms with E-state index in [1.807, 2.05) is 24.0 Å². The first-order valence-electron chi connectivity index (χ1n) is 3.13. The van der Waals surface area contributed by atoms with E-state index in [2.05, 4.69) is 0 Å². The van der Waals surface area contributed by atoms with Crippen molar-refractivity contribution in [3.8, 4) is 6.19 Å². The highest BCUT2D eigenvalue weighted by atomic mass is 19.5. The van der Waals surface area contributed by atoms with Crippen LogP contribution in [0.2, 0.25) is 0 Å². The van der Waals surface area contributed by atoms with Crippen LogP contribution in [0.3, 0.4) is 0 Å². The number of aryl methyl sites for hydroxylation is 1. The largest absolute Gasteiger partial charge is 0.673 e. The van der Waals surface area contributed by atoms with Crippen molar-refractivity contribution in [2.75, 3.05) is 0 Å². The van der Waals surface area contributed by atoms with E-state index in [4.69, 9.17) is 5.26 Å². The van der Waals surface area contributed by atoms with Crippen molar-refractivity contribution in [1.82, 2.24) is 4.57 Å². The molecule has 1 rings (SSSR count). The molecule has 0 bridgehead atoms. The quantitative estimate of drug-likeness (QED) is 0.344. The summed E-state index contributed by atoms with van der Waals surface area (Å²) in [5.41, 5.74) is 0. The maximum Gasteiger partial charge on any atom is 0.673 e. The molecule has 0 N–H and O–H groups in total. The highest BCUT2D eigenvalue weighted by Crippen LogP contribution is 2.06. The predicted octanol–water partition coefficient (Wildman–Crippen LogP) is 0.942. The molecule has 0 aliphatic carbocycles. The summed E-state index contributed by atoms with van der Waals surface area (Å²) in [6.45, 7) is 0. The third-order valence-corrected chi connectivity index (χ3v) is 0.884. The Morgan fingerprint density at radius 1 is 1.38 bits per heavy atom. The number of nitriles is 1. The Kier molecular flexibility index (Phi) is 3.97. The van der Waals surface area contributed by atoms with E-state index >= 15 is 0 Å². The third-order valence-electron chi connectivity index (χ3n) is 0.884. The van der Waals surface area contributed by atoms with Gasteiger partial charge < -0.3 is 17.3 Å². The maximum absolute atomic E-state index is 9.75. The Labute approximate surface area is 71.9 Å². The first-order chi connectivity index (χ1) is 5.83. The number of rotatable bonds is 0. The number of imidazole rings is 1. The lowest BCUT2D eigenvalue weighted by atomic mass is 10.3. The molecule has 0 aliphatic rings. The Balaban J connectivity index is 0.000000252. The number of hydrogen-bond donors (Lipinski definition) is 0. The van der Waals surface area contributed by atoms with E-state index < -0.39 is 7.25 Å². The van der Waals surface area contributed by atoms with Gasteiger partial charge in [-0.2, -0.15) is 0 Å². The summed E-state index contributed by atoms with van der Waals surface area (Å²) in [6.07, 6.45) is 7.14. The zero-order valence-corrected chi connectivity index (χ0v) is 6.66. The van der Waals surface area contributed by atoms with Crippen molar-refractivity contribution in [3.05, 3.63) is 18.7 Å². The van der Waals surface area contributed by atoms with Crippen molar-refractivity contribution in [2.45, 2.75) is 0 Å². The average molecular weight is 195 g/mol. The Morgan fingerprint density at radius 2 is 1.85 bits per heavy atom. The van der Waals surface area contributed by atoms with Crippen LogP contribution in [0.5, 0.6) is 0 Å². The standard InChI is InChI=1S/C5H6N3.BF4/c1-7-2-3-8(4-6)5-7;2-1(3,4)5/h2-3,5H,1H3;/q+1;-1. The molecule has 72 valence electrons. The van der Waals surface area contributed by atoms with Crippen LogP contribution in [0, 0.1) is 11.5 Å². The molecular weight excluding hydrogens is 189 g/mol. The van der Waals surface area contributed by atoms with Gasteiger partial charge in [-0.05, 0) is 0 Å². The number of nitrogens with zero attached hydrogens (tertiary/aromatic N) is 3. The second kappa shape index (κ2) is 4.50. The monoisotopic (exact) mass is 195 g/mol. The molecule has 0 unspecified atom stereocenters. The molecule has 0 aliphatic heterocycles. The molecule has 0 saturated carbocycles. The van der Waals surface area contributed by atoms with Crippen LogP contribution >= 0.6 is 0 Å². The van der Waals surface area contributed by atoms with Crippen LogP contribution < -0.4 is 4.57 Å². The zero-order valence-electron chi connectivity index (χ0n) is 6.66. The Hall–Kier alpha value is -1.52. The molecule has 0 spiro atoms. The minimum Gasteiger partial charge on any atom is -0.418 e. The lowest BCUT2D eigenvalue weighted by Crippen LogP contribution is -2.23. The van der Waals surface area contributed by atoms with Crippen LogP contribution in [0.4, 0.5) is 17.3 Å². The van der Waals surface area contributed by atoms with Crippen LogP contribution in [-0.2, 0) is 7.05 Å². The van der Waals surface area contributed by atoms with Crippen molar-refractivity contribution in [1.29, 1.82) is 5.26 Å². The van der Waals surface area contributed by atoms with E-state index in [1.54, 1.807) is 12.5 Å². The first-order valence-corrected chi connectivity index (χ1v) is 3.13. The van der Waals surface area contributed by atoms with Gasteiger partial charge >= 0.3 is 7.25 Å². The molecule has 0 aromatic carbocycles. The number of hydrogen-bond acceptors (Lipinski definition) is 1. The Bertz CT molecular complexity index is 293. The molecule has 13 heavy (non-hydrogen) atoms. The predicted molar refractivity (Wildman–Crippen MR) is 36.8 cm³/mol. The van der Waals surface area contributed by atoms with Gasteiger partial charge in [0.25, 0.3) is 12.5 Å². The molecular formula is C5H6BF4N3. The Morgan fingerprint density at radius 3 is 2.00 bits per heavy atom. The van der Waals surface area contributed by atoms with E-state index in [9.17, 15) is 17.3 Å². The summed E-state index contributed by atoms with van der Waals surface area (Å²) in [4.78, 5) is 0. The minimum atomic E-state index is -6.00. The summed E-state index contributed by atoms with van der Waals surface area (Å²) in [6, 6.07) is 0. The molecule has 8 heteroatoms. The van der Waals surface area contributed by atoms with Gasteiger partial charge in [-0.15, -0.1) is 9.83 Å². The van der Waals surface area contributed by atoms with Crippen LogP contribution in [0.15, 0.2) is 18.7 Å². The topological polar surface area (TPSA) is 32.6 Å². The van der Waals surface area contributed by atoms with Gasteiger partial charge in [0, 0.05) is 0 Å². The first kappa shape index (κ1) is 11.5. The second-order valence-corrected chi connectivity index (χ2v) is 2.08. The molecule has 3 nitrogen and oxygen atoms in total. The van der Waals surface area contributed by atoms with E-state index in [-0.39, 0.29) is 0 Å². The maximum atomic E-state index is 9.75. The van der Waals surface area contributed by atoms with Crippen molar-refractivity contribution >= 4 is 7.25 Å². The molecule has 1 aromatic rings. The van der Waals surface area contributed by atoms with E-state index in [0.29, 0.717) is 0 Å². The van der Waals surface area contributed by atoms with Gasteiger partial charge in [0.05, 0.1) is 7.05 Å². The lowest BCUT2D eigenvalue weighted by molar-refractivity contribution is -0.670. The average Bonchev–Trinajstić information content (AvgIpc) is 2.31. The summed E-state index contributed by atoms with van der Waals surface area (Å²) in [7, 11) is -4.13. The van der Waals surface area contributed by atoms with E-state index in [0.717, 1.165) is 0 Å². The fourth-order valence-corrected chi connectivity index (χ4v) is 0.509. The molecule has 1 aromatic heterocycles. The second-order valence-electron chi connectivity index (χ2n) is 2.08. The molecule has 0 amide bonds. The van der Waals surface area contributed by atoms with Gasteiger partial charge in [0.2, 0.25) is 0 Å². The molecule has 1 heterocycles. The smallest absolute Gasteiger partial charge is 0.418 e.